The molecule has 0 aliphatic carbocycles. The highest BCUT2D eigenvalue weighted by Gasteiger charge is 2.15. The molecule has 0 radical (unpaired) electrons. The maximum absolute atomic E-state index is 11.3. The van der Waals surface area contributed by atoms with Gasteiger partial charge in [0, 0.05) is 12.7 Å². The van der Waals surface area contributed by atoms with E-state index in [1.165, 1.54) is 0 Å². The highest BCUT2D eigenvalue weighted by Crippen LogP contribution is 2.15. The number of aryl methyl sites for hydroxylation is 1. The van der Waals surface area contributed by atoms with Crippen molar-refractivity contribution in [1.29, 1.82) is 0 Å². The molecule has 0 atom stereocenters. The Labute approximate surface area is 87.8 Å². The zero-order chi connectivity index (χ0) is 10.7. The number of hydrogen-bond donors (Lipinski definition) is 0. The Bertz CT molecular complexity index is 334. The van der Waals surface area contributed by atoms with Gasteiger partial charge in [0.2, 0.25) is 0 Å². The van der Waals surface area contributed by atoms with E-state index in [-0.39, 0.29) is 6.07 Å². The molecule has 5 heteroatoms. The molecule has 1 aromatic heterocycles. The average Bonchev–Trinajstić information content (AvgIpc) is 2.48. The maximum atomic E-state index is 11.3. The number of esters is 1. The van der Waals surface area contributed by atoms with Gasteiger partial charge in [0.15, 0.2) is 11.8 Å². The number of rotatable bonds is 3. The van der Waals surface area contributed by atoms with Crippen LogP contribution < -0.4 is 0 Å². The Hall–Kier alpha value is -1.03. The molecule has 0 unspecified atom stereocenters. The molecule has 0 aromatic carbocycles. The summed E-state index contributed by atoms with van der Waals surface area (Å²) in [6, 6.07) is 1.58. The minimum atomic E-state index is -0.484. The Morgan fingerprint density at radius 2 is 2.36 bits per heavy atom. The Morgan fingerprint density at radius 3 is 2.79 bits per heavy atom. The summed E-state index contributed by atoms with van der Waals surface area (Å²) in [5, 5.41) is 4.03. The van der Waals surface area contributed by atoms with Gasteiger partial charge in [-0.3, -0.25) is 4.68 Å². The van der Waals surface area contributed by atoms with Crippen LogP contribution in [0, 0.1) is 0 Å². The number of carbonyl (C=O) groups is 1. The standard InChI is InChI=1S/C9H13ClN2O2/c1-6(2)8-4-7(11-12(8)3)9(13)14-5-10/h4,6H,5H2,1-3H3. The summed E-state index contributed by atoms with van der Waals surface area (Å²) in [5.41, 5.74) is 1.29. The predicted molar refractivity (Wildman–Crippen MR) is 53.4 cm³/mol. The molecule has 0 N–H and O–H groups in total. The third kappa shape index (κ3) is 2.26. The van der Waals surface area contributed by atoms with E-state index in [4.69, 9.17) is 11.6 Å². The zero-order valence-corrected chi connectivity index (χ0v) is 9.21. The number of halogens is 1. The first-order chi connectivity index (χ1) is 6.56. The fourth-order valence-electron chi connectivity index (χ4n) is 1.25. The minimum absolute atomic E-state index is 0.146. The first-order valence-corrected chi connectivity index (χ1v) is 4.86. The number of carbonyl (C=O) groups excluding carboxylic acids is 1. The van der Waals surface area contributed by atoms with Crippen LogP contribution >= 0.6 is 11.6 Å². The van der Waals surface area contributed by atoms with Gasteiger partial charge in [0.05, 0.1) is 0 Å². The molecule has 4 nitrogen and oxygen atoms in total. The van der Waals surface area contributed by atoms with Crippen LogP contribution in [-0.2, 0) is 11.8 Å². The summed E-state index contributed by atoms with van der Waals surface area (Å²) in [6.07, 6.45) is 0. The van der Waals surface area contributed by atoms with Gasteiger partial charge in [-0.2, -0.15) is 5.10 Å². The molecule has 0 saturated carbocycles. The topological polar surface area (TPSA) is 44.1 Å². The van der Waals surface area contributed by atoms with E-state index >= 15 is 0 Å². The van der Waals surface area contributed by atoms with Crippen molar-refractivity contribution >= 4 is 17.6 Å². The molecule has 1 rings (SSSR count). The van der Waals surface area contributed by atoms with Crippen LogP contribution in [0.2, 0.25) is 0 Å². The lowest BCUT2D eigenvalue weighted by Gasteiger charge is -2.02. The second-order valence-electron chi connectivity index (χ2n) is 3.27. The van der Waals surface area contributed by atoms with Crippen LogP contribution in [0.3, 0.4) is 0 Å². The number of ether oxygens (including phenoxy) is 1. The van der Waals surface area contributed by atoms with Gasteiger partial charge in [-0.1, -0.05) is 25.4 Å². The van der Waals surface area contributed by atoms with Gasteiger partial charge in [0.25, 0.3) is 0 Å². The van der Waals surface area contributed by atoms with Crippen molar-refractivity contribution in [2.75, 3.05) is 6.07 Å². The molecule has 0 bridgehead atoms. The Morgan fingerprint density at radius 1 is 1.71 bits per heavy atom. The lowest BCUT2D eigenvalue weighted by atomic mass is 10.1. The molecule has 0 fully saturated rings. The molecule has 0 amide bonds. The zero-order valence-electron chi connectivity index (χ0n) is 8.45. The third-order valence-corrected chi connectivity index (χ3v) is 2.01. The van der Waals surface area contributed by atoms with E-state index in [1.807, 2.05) is 13.8 Å². The molecule has 0 spiro atoms. The van der Waals surface area contributed by atoms with Crippen molar-refractivity contribution in [3.8, 4) is 0 Å². The molecular formula is C9H13ClN2O2. The lowest BCUT2D eigenvalue weighted by molar-refractivity contribution is 0.0566. The molecule has 1 aromatic rings. The Balaban J connectivity index is 2.90. The van der Waals surface area contributed by atoms with Crippen LogP contribution in [-0.4, -0.2) is 21.8 Å². The normalized spacial score (nSPS) is 10.6. The van der Waals surface area contributed by atoms with Crippen LogP contribution in [0.25, 0.3) is 0 Å². The van der Waals surface area contributed by atoms with Crippen LogP contribution in [0.15, 0.2) is 6.07 Å². The summed E-state index contributed by atoms with van der Waals surface area (Å²) < 4.78 is 6.30. The van der Waals surface area contributed by atoms with E-state index in [2.05, 4.69) is 9.84 Å². The molecule has 0 saturated heterocycles. The summed E-state index contributed by atoms with van der Waals surface area (Å²) in [4.78, 5) is 11.3. The lowest BCUT2D eigenvalue weighted by Crippen LogP contribution is -2.05. The molecule has 1 heterocycles. The number of hydrogen-bond acceptors (Lipinski definition) is 3. The van der Waals surface area contributed by atoms with Crippen molar-refractivity contribution in [3.05, 3.63) is 17.5 Å². The average molecular weight is 217 g/mol. The van der Waals surface area contributed by atoms with Gasteiger partial charge < -0.3 is 4.74 Å². The smallest absolute Gasteiger partial charge is 0.360 e. The van der Waals surface area contributed by atoms with Crippen LogP contribution in [0.1, 0.15) is 35.9 Å². The fraction of sp³-hybridized carbons (Fsp3) is 0.556. The third-order valence-electron chi connectivity index (χ3n) is 1.90. The highest BCUT2D eigenvalue weighted by atomic mass is 35.5. The van der Waals surface area contributed by atoms with E-state index < -0.39 is 5.97 Å². The van der Waals surface area contributed by atoms with Gasteiger partial charge in [-0.05, 0) is 12.0 Å². The van der Waals surface area contributed by atoms with Gasteiger partial charge in [0.1, 0.15) is 0 Å². The maximum Gasteiger partial charge on any atom is 0.360 e. The summed E-state index contributed by atoms with van der Waals surface area (Å²) in [6.45, 7) is 4.07. The SMILES string of the molecule is CC(C)c1cc(C(=O)OCCl)nn1C. The van der Waals surface area contributed by atoms with Crippen molar-refractivity contribution in [1.82, 2.24) is 9.78 Å². The van der Waals surface area contributed by atoms with E-state index in [1.54, 1.807) is 17.8 Å². The summed E-state index contributed by atoms with van der Waals surface area (Å²) >= 11 is 5.28. The van der Waals surface area contributed by atoms with E-state index in [0.717, 1.165) is 5.69 Å². The van der Waals surface area contributed by atoms with Crippen LogP contribution in [0.4, 0.5) is 0 Å². The monoisotopic (exact) mass is 216 g/mol. The van der Waals surface area contributed by atoms with Gasteiger partial charge in [-0.15, -0.1) is 0 Å². The van der Waals surface area contributed by atoms with Gasteiger partial charge in [-0.25, -0.2) is 4.79 Å². The Kier molecular flexibility index (Phi) is 3.52. The largest absolute Gasteiger partial charge is 0.445 e. The first-order valence-electron chi connectivity index (χ1n) is 4.33. The van der Waals surface area contributed by atoms with Gasteiger partial charge >= 0.3 is 5.97 Å². The van der Waals surface area contributed by atoms with Crippen molar-refractivity contribution < 1.29 is 9.53 Å². The number of nitrogens with zero attached hydrogens (tertiary/aromatic N) is 2. The fourth-order valence-corrected chi connectivity index (χ4v) is 1.34. The highest BCUT2D eigenvalue weighted by molar-refractivity contribution is 6.17. The summed E-state index contributed by atoms with van der Waals surface area (Å²) in [7, 11) is 1.80. The number of alkyl halides is 1. The molecule has 14 heavy (non-hydrogen) atoms. The quantitative estimate of drug-likeness (QED) is 0.573. The van der Waals surface area contributed by atoms with E-state index in [9.17, 15) is 4.79 Å². The predicted octanol–water partition coefficient (Wildman–Crippen LogP) is 1.90. The first kappa shape index (κ1) is 11.0. The van der Waals surface area contributed by atoms with Crippen molar-refractivity contribution in [2.45, 2.75) is 19.8 Å². The molecule has 0 aliphatic heterocycles. The minimum Gasteiger partial charge on any atom is -0.445 e. The molecular weight excluding hydrogens is 204 g/mol. The second-order valence-corrected chi connectivity index (χ2v) is 3.49. The van der Waals surface area contributed by atoms with Crippen LogP contribution in [0.5, 0.6) is 0 Å². The van der Waals surface area contributed by atoms with Crippen molar-refractivity contribution in [2.24, 2.45) is 7.05 Å². The van der Waals surface area contributed by atoms with Crippen molar-refractivity contribution in [3.63, 3.8) is 0 Å². The summed E-state index contributed by atoms with van der Waals surface area (Å²) in [5.74, 6) is -0.160. The molecule has 78 valence electrons. The molecule has 0 aliphatic rings. The second kappa shape index (κ2) is 4.46. The van der Waals surface area contributed by atoms with E-state index in [0.29, 0.717) is 11.6 Å². The number of aromatic nitrogens is 2.